The molecule has 0 aliphatic rings. The van der Waals surface area contributed by atoms with Gasteiger partial charge in [0.15, 0.2) is 0 Å². The summed E-state index contributed by atoms with van der Waals surface area (Å²) in [5.74, 6) is -0.273. The SMILES string of the molecule is CCCCCCCOc1ccc(Br)cc1C(=O)N[C@@H](Cc1ccc(-c2ccccc2O)cc1)C(=O)OC. The number of amides is 1. The second-order valence-corrected chi connectivity index (χ2v) is 9.79. The zero-order valence-electron chi connectivity index (χ0n) is 21.3. The van der Waals surface area contributed by atoms with Crippen LogP contribution in [0.2, 0.25) is 0 Å². The van der Waals surface area contributed by atoms with E-state index in [4.69, 9.17) is 9.47 Å². The molecule has 1 atom stereocenters. The minimum atomic E-state index is -0.880. The van der Waals surface area contributed by atoms with Gasteiger partial charge in [-0.15, -0.1) is 0 Å². The quantitative estimate of drug-likeness (QED) is 0.177. The van der Waals surface area contributed by atoms with E-state index < -0.39 is 17.9 Å². The van der Waals surface area contributed by atoms with Crippen molar-refractivity contribution in [3.63, 3.8) is 0 Å². The van der Waals surface area contributed by atoms with Crippen LogP contribution in [0.1, 0.15) is 54.9 Å². The van der Waals surface area contributed by atoms with Gasteiger partial charge in [-0.25, -0.2) is 4.79 Å². The summed E-state index contributed by atoms with van der Waals surface area (Å²) < 4.78 is 11.6. The Morgan fingerprint density at radius 1 is 0.973 bits per heavy atom. The van der Waals surface area contributed by atoms with Crippen LogP contribution in [-0.2, 0) is 16.0 Å². The van der Waals surface area contributed by atoms with Gasteiger partial charge in [0.25, 0.3) is 5.91 Å². The molecule has 0 spiro atoms. The third-order valence-corrected chi connectivity index (χ3v) is 6.58. The van der Waals surface area contributed by atoms with Crippen molar-refractivity contribution < 1.29 is 24.2 Å². The van der Waals surface area contributed by atoms with E-state index in [1.807, 2.05) is 42.5 Å². The summed E-state index contributed by atoms with van der Waals surface area (Å²) in [6.07, 6.45) is 5.80. The maximum Gasteiger partial charge on any atom is 0.328 e. The number of halogens is 1. The fraction of sp³-hybridized carbons (Fsp3) is 0.333. The highest BCUT2D eigenvalue weighted by molar-refractivity contribution is 9.10. The molecule has 0 unspecified atom stereocenters. The molecule has 3 aromatic rings. The smallest absolute Gasteiger partial charge is 0.328 e. The van der Waals surface area contributed by atoms with Gasteiger partial charge < -0.3 is 19.9 Å². The number of methoxy groups -OCH3 is 1. The molecule has 2 N–H and O–H groups in total. The Labute approximate surface area is 227 Å². The number of phenols is 1. The summed E-state index contributed by atoms with van der Waals surface area (Å²) in [6.45, 7) is 2.70. The molecule has 0 aliphatic heterocycles. The van der Waals surface area contributed by atoms with Gasteiger partial charge in [-0.1, -0.05) is 91.0 Å². The number of carbonyl (C=O) groups excluding carboxylic acids is 2. The van der Waals surface area contributed by atoms with E-state index in [0.717, 1.165) is 34.0 Å². The van der Waals surface area contributed by atoms with Crippen LogP contribution in [-0.4, -0.2) is 36.7 Å². The van der Waals surface area contributed by atoms with Crippen molar-refractivity contribution in [2.75, 3.05) is 13.7 Å². The number of unbranched alkanes of at least 4 members (excludes halogenated alkanes) is 4. The summed E-state index contributed by atoms with van der Waals surface area (Å²) in [6, 6.07) is 19.0. The molecule has 6 nitrogen and oxygen atoms in total. The zero-order valence-corrected chi connectivity index (χ0v) is 22.9. The Balaban J connectivity index is 1.70. The van der Waals surface area contributed by atoms with E-state index >= 15 is 0 Å². The lowest BCUT2D eigenvalue weighted by molar-refractivity contribution is -0.142. The molecule has 0 heterocycles. The molecule has 0 aliphatic carbocycles. The first kappa shape index (κ1) is 28.3. The zero-order chi connectivity index (χ0) is 26.6. The van der Waals surface area contributed by atoms with Crippen molar-refractivity contribution in [1.29, 1.82) is 0 Å². The van der Waals surface area contributed by atoms with E-state index in [0.29, 0.717) is 17.9 Å². The Morgan fingerprint density at radius 2 is 1.70 bits per heavy atom. The molecule has 0 fully saturated rings. The molecule has 0 saturated carbocycles. The number of aromatic hydroxyl groups is 1. The standard InChI is InChI=1S/C30H34BrNO5/c1-3-4-5-6-9-18-37-28-17-16-23(31)20-25(28)29(34)32-26(30(35)36-2)19-21-12-14-22(15-13-21)24-10-7-8-11-27(24)33/h7-8,10-17,20,26,33H,3-6,9,18-19H2,1-2H3,(H,32,34)/t26-/m0/s1. The molecule has 3 aromatic carbocycles. The highest BCUT2D eigenvalue weighted by Crippen LogP contribution is 2.29. The van der Waals surface area contributed by atoms with Gasteiger partial charge in [0.1, 0.15) is 17.5 Å². The van der Waals surface area contributed by atoms with E-state index in [1.165, 1.54) is 26.4 Å². The van der Waals surface area contributed by atoms with E-state index in [-0.39, 0.29) is 12.2 Å². The predicted octanol–water partition coefficient (Wildman–Crippen LogP) is 6.69. The summed E-state index contributed by atoms with van der Waals surface area (Å²) in [5.41, 5.74) is 2.77. The number of nitrogens with one attached hydrogen (secondary N) is 1. The summed E-state index contributed by atoms with van der Waals surface area (Å²) in [7, 11) is 1.30. The number of benzene rings is 3. The largest absolute Gasteiger partial charge is 0.507 e. The fourth-order valence-corrected chi connectivity index (χ4v) is 4.40. The highest BCUT2D eigenvalue weighted by atomic mass is 79.9. The fourth-order valence-electron chi connectivity index (χ4n) is 4.04. The van der Waals surface area contributed by atoms with Gasteiger partial charge in [0.2, 0.25) is 0 Å². The molecule has 0 saturated heterocycles. The predicted molar refractivity (Wildman–Crippen MR) is 149 cm³/mol. The first-order chi connectivity index (χ1) is 17.9. The van der Waals surface area contributed by atoms with Crippen LogP contribution >= 0.6 is 15.9 Å². The molecule has 196 valence electrons. The van der Waals surface area contributed by atoms with Gasteiger partial charge in [-0.3, -0.25) is 4.79 Å². The molecule has 0 aromatic heterocycles. The van der Waals surface area contributed by atoms with Gasteiger partial charge >= 0.3 is 5.97 Å². The minimum Gasteiger partial charge on any atom is -0.507 e. The molecular formula is C30H34BrNO5. The second kappa shape index (κ2) is 14.4. The molecule has 0 radical (unpaired) electrons. The maximum atomic E-state index is 13.2. The Kier molecular flexibility index (Phi) is 11.0. The van der Waals surface area contributed by atoms with Crippen molar-refractivity contribution in [2.45, 2.75) is 51.5 Å². The Bertz CT molecular complexity index is 1180. The Morgan fingerprint density at radius 3 is 2.41 bits per heavy atom. The molecule has 37 heavy (non-hydrogen) atoms. The van der Waals surface area contributed by atoms with Crippen LogP contribution in [0.3, 0.4) is 0 Å². The van der Waals surface area contributed by atoms with Gasteiger partial charge in [0, 0.05) is 16.5 Å². The highest BCUT2D eigenvalue weighted by Gasteiger charge is 2.24. The first-order valence-electron chi connectivity index (χ1n) is 12.6. The molecule has 0 bridgehead atoms. The number of hydrogen-bond acceptors (Lipinski definition) is 5. The van der Waals surface area contributed by atoms with E-state index in [2.05, 4.69) is 28.2 Å². The lowest BCUT2D eigenvalue weighted by Crippen LogP contribution is -2.43. The Hall–Kier alpha value is -3.32. The molecular weight excluding hydrogens is 534 g/mol. The maximum absolute atomic E-state index is 13.2. The first-order valence-corrected chi connectivity index (χ1v) is 13.4. The molecule has 1 amide bonds. The third kappa shape index (κ3) is 8.35. The lowest BCUT2D eigenvalue weighted by atomic mass is 10.00. The van der Waals surface area contributed by atoms with Crippen LogP contribution in [0.15, 0.2) is 71.2 Å². The minimum absolute atomic E-state index is 0.197. The van der Waals surface area contributed by atoms with Gasteiger partial charge in [0.05, 0.1) is 19.3 Å². The van der Waals surface area contributed by atoms with Crippen LogP contribution in [0.25, 0.3) is 11.1 Å². The van der Waals surface area contributed by atoms with Crippen molar-refractivity contribution in [1.82, 2.24) is 5.32 Å². The summed E-state index contributed by atoms with van der Waals surface area (Å²) in [5, 5.41) is 12.9. The van der Waals surface area contributed by atoms with Crippen molar-refractivity contribution in [3.05, 3.63) is 82.3 Å². The third-order valence-electron chi connectivity index (χ3n) is 6.09. The number of rotatable bonds is 13. The number of para-hydroxylation sites is 1. The number of hydrogen-bond donors (Lipinski definition) is 2. The number of phenolic OH excluding ortho intramolecular Hbond substituents is 1. The lowest BCUT2D eigenvalue weighted by Gasteiger charge is -2.18. The number of carbonyl (C=O) groups is 2. The van der Waals surface area contributed by atoms with Crippen LogP contribution < -0.4 is 10.1 Å². The summed E-state index contributed by atoms with van der Waals surface area (Å²) in [4.78, 5) is 25.8. The summed E-state index contributed by atoms with van der Waals surface area (Å²) >= 11 is 3.42. The van der Waals surface area contributed by atoms with Gasteiger partial charge in [-0.05, 0) is 41.8 Å². The normalized spacial score (nSPS) is 11.5. The van der Waals surface area contributed by atoms with Crippen molar-refractivity contribution in [3.8, 4) is 22.6 Å². The van der Waals surface area contributed by atoms with Crippen molar-refractivity contribution in [2.24, 2.45) is 0 Å². The van der Waals surface area contributed by atoms with Crippen LogP contribution in [0.4, 0.5) is 0 Å². The molecule has 3 rings (SSSR count). The number of ether oxygens (including phenoxy) is 2. The van der Waals surface area contributed by atoms with Crippen molar-refractivity contribution >= 4 is 27.8 Å². The number of esters is 1. The van der Waals surface area contributed by atoms with E-state index in [1.54, 1.807) is 24.3 Å². The molecule has 7 heteroatoms. The van der Waals surface area contributed by atoms with E-state index in [9.17, 15) is 14.7 Å². The second-order valence-electron chi connectivity index (χ2n) is 8.87. The van der Waals surface area contributed by atoms with Crippen LogP contribution in [0.5, 0.6) is 11.5 Å². The topological polar surface area (TPSA) is 84.9 Å². The van der Waals surface area contributed by atoms with Crippen LogP contribution in [0, 0.1) is 0 Å². The monoisotopic (exact) mass is 567 g/mol. The van der Waals surface area contributed by atoms with Gasteiger partial charge in [-0.2, -0.15) is 0 Å². The average Bonchev–Trinajstić information content (AvgIpc) is 2.91. The average molecular weight is 569 g/mol.